The smallest absolute Gasteiger partial charge is 0.327 e. The molecule has 0 aromatic carbocycles. The van der Waals surface area contributed by atoms with Gasteiger partial charge in [0.2, 0.25) is 5.91 Å². The number of carboxylic acids is 1. The molecule has 2 aliphatic heterocycles. The summed E-state index contributed by atoms with van der Waals surface area (Å²) >= 11 is 1.53. The lowest BCUT2D eigenvalue weighted by Crippen LogP contribution is -2.64. The molecule has 2 aliphatic rings. The van der Waals surface area contributed by atoms with Gasteiger partial charge in [-0.25, -0.2) is 4.79 Å². The fraction of sp³-hybridized carbons (Fsp3) is 0.778. The minimum atomic E-state index is -0.932. The van der Waals surface area contributed by atoms with Crippen molar-refractivity contribution >= 4 is 23.6 Å². The molecule has 0 spiro atoms. The van der Waals surface area contributed by atoms with E-state index in [1.165, 1.54) is 16.7 Å². The van der Waals surface area contributed by atoms with Crippen LogP contribution >= 0.6 is 11.8 Å². The zero-order valence-corrected chi connectivity index (χ0v) is 9.45. The molecule has 2 heterocycles. The van der Waals surface area contributed by atoms with Crippen LogP contribution < -0.4 is 5.73 Å². The predicted molar refractivity (Wildman–Crippen MR) is 56.3 cm³/mol. The van der Waals surface area contributed by atoms with Crippen LogP contribution in [0.25, 0.3) is 0 Å². The van der Waals surface area contributed by atoms with Gasteiger partial charge in [-0.2, -0.15) is 0 Å². The molecule has 0 aliphatic carbocycles. The van der Waals surface area contributed by atoms with Crippen molar-refractivity contribution in [2.75, 3.05) is 6.54 Å². The van der Waals surface area contributed by atoms with Crippen molar-refractivity contribution in [2.45, 2.75) is 30.0 Å². The van der Waals surface area contributed by atoms with Gasteiger partial charge in [-0.1, -0.05) is 0 Å². The van der Waals surface area contributed by atoms with Crippen molar-refractivity contribution in [3.63, 3.8) is 0 Å². The first kappa shape index (κ1) is 10.8. The van der Waals surface area contributed by atoms with Crippen molar-refractivity contribution in [1.29, 1.82) is 0 Å². The Bertz CT molecular complexity index is 331. The Kier molecular flexibility index (Phi) is 2.24. The number of rotatable bonds is 2. The highest BCUT2D eigenvalue weighted by atomic mass is 32.2. The summed E-state index contributed by atoms with van der Waals surface area (Å²) in [5.74, 6) is -1.24. The highest BCUT2D eigenvalue weighted by molar-refractivity contribution is 8.01. The Morgan fingerprint density at radius 2 is 2.27 bits per heavy atom. The number of carbonyl (C=O) groups excluding carboxylic acids is 1. The van der Waals surface area contributed by atoms with Gasteiger partial charge in [0.15, 0.2) is 0 Å². The van der Waals surface area contributed by atoms with Crippen molar-refractivity contribution in [3.8, 4) is 0 Å². The van der Waals surface area contributed by atoms with Crippen LogP contribution in [0.15, 0.2) is 0 Å². The molecule has 2 rings (SSSR count). The van der Waals surface area contributed by atoms with E-state index < -0.39 is 16.8 Å². The molecule has 0 aromatic rings. The van der Waals surface area contributed by atoms with E-state index in [4.69, 9.17) is 10.8 Å². The number of hydrogen-bond donors (Lipinski definition) is 2. The predicted octanol–water partition coefficient (Wildman–Crippen LogP) is -0.292. The maximum absolute atomic E-state index is 11.6. The molecule has 3 N–H and O–H groups in total. The first-order valence-electron chi connectivity index (χ1n) is 4.83. The van der Waals surface area contributed by atoms with Crippen LogP contribution in [0.4, 0.5) is 0 Å². The third-order valence-corrected chi connectivity index (χ3v) is 4.67. The fourth-order valence-electron chi connectivity index (χ4n) is 2.31. The second-order valence-electron chi connectivity index (χ2n) is 4.44. The highest BCUT2D eigenvalue weighted by Gasteiger charge is 2.63. The molecule has 2 fully saturated rings. The molecule has 3 atom stereocenters. The van der Waals surface area contributed by atoms with Gasteiger partial charge < -0.3 is 15.7 Å². The molecule has 0 radical (unpaired) electrons. The van der Waals surface area contributed by atoms with Gasteiger partial charge in [-0.3, -0.25) is 4.79 Å². The molecule has 0 bridgehead atoms. The SMILES string of the molecule is CC1(C)S[C@@H]2C(CN)C(=O)N2[C@H]1C(=O)O. The summed E-state index contributed by atoms with van der Waals surface area (Å²) < 4.78 is -0.434. The Morgan fingerprint density at radius 3 is 2.73 bits per heavy atom. The van der Waals surface area contributed by atoms with Gasteiger partial charge in [-0.15, -0.1) is 11.8 Å². The summed E-state index contributed by atoms with van der Waals surface area (Å²) in [4.78, 5) is 24.2. The number of nitrogens with zero attached hydrogens (tertiary/aromatic N) is 1. The monoisotopic (exact) mass is 230 g/mol. The van der Waals surface area contributed by atoms with Crippen LogP contribution in [0, 0.1) is 5.92 Å². The van der Waals surface area contributed by atoms with E-state index in [1.807, 2.05) is 13.8 Å². The summed E-state index contributed by atoms with van der Waals surface area (Å²) in [5, 5.41) is 9.07. The Morgan fingerprint density at radius 1 is 1.67 bits per heavy atom. The average molecular weight is 230 g/mol. The van der Waals surface area contributed by atoms with Gasteiger partial charge in [0.25, 0.3) is 0 Å². The normalized spacial score (nSPS) is 37.4. The van der Waals surface area contributed by atoms with Crippen LogP contribution in [0.1, 0.15) is 13.8 Å². The third kappa shape index (κ3) is 1.28. The summed E-state index contributed by atoms with van der Waals surface area (Å²) in [7, 11) is 0. The number of aliphatic carboxylic acids is 1. The minimum Gasteiger partial charge on any atom is -0.480 e. The highest BCUT2D eigenvalue weighted by Crippen LogP contribution is 2.52. The molecule has 84 valence electrons. The second kappa shape index (κ2) is 3.12. The third-order valence-electron chi connectivity index (χ3n) is 3.04. The Balaban J connectivity index is 2.28. The molecule has 5 nitrogen and oxygen atoms in total. The van der Waals surface area contributed by atoms with E-state index in [9.17, 15) is 9.59 Å². The number of carbonyl (C=O) groups is 2. The molecule has 15 heavy (non-hydrogen) atoms. The van der Waals surface area contributed by atoms with Crippen LogP contribution in [-0.4, -0.2) is 44.6 Å². The van der Waals surface area contributed by atoms with Gasteiger partial charge in [0, 0.05) is 11.3 Å². The van der Waals surface area contributed by atoms with E-state index in [2.05, 4.69) is 0 Å². The minimum absolute atomic E-state index is 0.0430. The molecular weight excluding hydrogens is 216 g/mol. The molecule has 2 saturated heterocycles. The van der Waals surface area contributed by atoms with Crippen LogP contribution in [-0.2, 0) is 9.59 Å². The van der Waals surface area contributed by atoms with E-state index in [0.717, 1.165) is 0 Å². The van der Waals surface area contributed by atoms with Gasteiger partial charge in [-0.05, 0) is 13.8 Å². The lowest BCUT2D eigenvalue weighted by Gasteiger charge is -2.43. The van der Waals surface area contributed by atoms with Crippen molar-refractivity contribution in [1.82, 2.24) is 4.90 Å². The van der Waals surface area contributed by atoms with Gasteiger partial charge >= 0.3 is 5.97 Å². The Hall–Kier alpha value is -0.750. The van der Waals surface area contributed by atoms with Crippen LogP contribution in [0.3, 0.4) is 0 Å². The number of thioether (sulfide) groups is 1. The summed E-state index contributed by atoms with van der Waals surface area (Å²) in [5.41, 5.74) is 5.48. The molecule has 1 unspecified atom stereocenters. The van der Waals surface area contributed by atoms with Crippen LogP contribution in [0.2, 0.25) is 0 Å². The average Bonchev–Trinajstić information content (AvgIpc) is 2.35. The fourth-order valence-corrected chi connectivity index (χ4v) is 4.00. The molecule has 6 heteroatoms. The molecule has 1 amide bonds. The zero-order chi connectivity index (χ0) is 11.4. The molecular formula is C9H14N2O3S. The largest absolute Gasteiger partial charge is 0.480 e. The standard InChI is InChI=1S/C9H14N2O3S/c1-9(2)5(8(13)14)11-6(12)4(3-10)7(11)15-9/h4-5,7H,3,10H2,1-2H3,(H,13,14)/t4?,5-,7+/m0/s1. The van der Waals surface area contributed by atoms with E-state index in [0.29, 0.717) is 6.54 Å². The maximum Gasteiger partial charge on any atom is 0.327 e. The van der Waals surface area contributed by atoms with Crippen LogP contribution in [0.5, 0.6) is 0 Å². The number of amides is 1. The number of carboxylic acid groups (broad SMARTS) is 1. The van der Waals surface area contributed by atoms with Crippen molar-refractivity contribution in [3.05, 3.63) is 0 Å². The topological polar surface area (TPSA) is 83.6 Å². The second-order valence-corrected chi connectivity index (χ2v) is 6.21. The Labute approximate surface area is 92.0 Å². The summed E-state index contributed by atoms with van der Waals surface area (Å²) in [6.07, 6.45) is 0. The van der Waals surface area contributed by atoms with E-state index in [1.54, 1.807) is 0 Å². The van der Waals surface area contributed by atoms with Gasteiger partial charge in [0.05, 0.1) is 11.3 Å². The number of fused-ring (bicyclic) bond motifs is 1. The number of nitrogens with two attached hydrogens (primary N) is 1. The van der Waals surface area contributed by atoms with Crippen molar-refractivity contribution < 1.29 is 14.7 Å². The summed E-state index contributed by atoms with van der Waals surface area (Å²) in [6.45, 7) is 4.01. The lowest BCUT2D eigenvalue weighted by atomic mass is 9.92. The molecule has 0 saturated carbocycles. The maximum atomic E-state index is 11.6. The lowest BCUT2D eigenvalue weighted by molar-refractivity contribution is -0.162. The number of hydrogen-bond acceptors (Lipinski definition) is 4. The zero-order valence-electron chi connectivity index (χ0n) is 8.64. The first-order chi connectivity index (χ1) is 6.90. The molecule has 0 aromatic heterocycles. The number of β-lactam (4-membered cyclic amide) rings is 1. The quantitative estimate of drug-likeness (QED) is 0.637. The van der Waals surface area contributed by atoms with Gasteiger partial charge in [0.1, 0.15) is 6.04 Å². The van der Waals surface area contributed by atoms with E-state index in [-0.39, 0.29) is 17.2 Å². The first-order valence-corrected chi connectivity index (χ1v) is 5.71. The van der Waals surface area contributed by atoms with E-state index >= 15 is 0 Å². The van der Waals surface area contributed by atoms with Crippen molar-refractivity contribution in [2.24, 2.45) is 11.7 Å². The summed E-state index contributed by atoms with van der Waals surface area (Å²) in [6, 6.07) is -0.720.